The molecule has 0 fully saturated rings. The van der Waals surface area contributed by atoms with E-state index < -0.39 is 34.4 Å². The van der Waals surface area contributed by atoms with Gasteiger partial charge in [-0.2, -0.15) is 4.72 Å². The summed E-state index contributed by atoms with van der Waals surface area (Å²) in [5.74, 6) is -2.67. The van der Waals surface area contributed by atoms with E-state index in [-0.39, 0.29) is 16.3 Å². The lowest BCUT2D eigenvalue weighted by Gasteiger charge is -2.15. The summed E-state index contributed by atoms with van der Waals surface area (Å²) >= 11 is 5.81. The van der Waals surface area contributed by atoms with Crippen LogP contribution < -0.4 is 4.72 Å². The van der Waals surface area contributed by atoms with Crippen LogP contribution in [0.1, 0.15) is 18.4 Å². The Morgan fingerprint density at radius 2 is 1.95 bits per heavy atom. The molecule has 0 heterocycles. The van der Waals surface area contributed by atoms with Crippen molar-refractivity contribution in [3.8, 4) is 0 Å². The predicted octanol–water partition coefficient (Wildman–Crippen LogP) is 1.24. The molecule has 0 unspecified atom stereocenters. The Morgan fingerprint density at radius 1 is 1.33 bits per heavy atom. The second kappa shape index (κ2) is 6.88. The lowest BCUT2D eigenvalue weighted by Crippen LogP contribution is -2.41. The zero-order valence-electron chi connectivity index (χ0n) is 11.0. The van der Waals surface area contributed by atoms with Crippen molar-refractivity contribution < 1.29 is 28.2 Å². The van der Waals surface area contributed by atoms with E-state index in [1.54, 1.807) is 13.0 Å². The molecule has 0 aromatic heterocycles. The van der Waals surface area contributed by atoms with Gasteiger partial charge in [-0.15, -0.1) is 0 Å². The predicted molar refractivity (Wildman–Crippen MR) is 74.8 cm³/mol. The van der Waals surface area contributed by atoms with Gasteiger partial charge in [-0.1, -0.05) is 17.7 Å². The van der Waals surface area contributed by atoms with Gasteiger partial charge < -0.3 is 10.2 Å². The highest BCUT2D eigenvalue weighted by molar-refractivity contribution is 7.89. The molecular formula is C12H14ClNO6S. The Labute approximate surface area is 126 Å². The van der Waals surface area contributed by atoms with Crippen LogP contribution in [0.5, 0.6) is 0 Å². The standard InChI is InChI=1S/C12H14ClNO6S/c1-7-2-3-8(13)10(6-7)21(19,20)14-9(12(17)18)4-5-11(15)16/h2-3,6,9,14H,4-5H2,1H3,(H,15,16)(H,17,18)/t9-/m0/s1. The molecule has 0 aliphatic heterocycles. The molecule has 9 heteroatoms. The number of benzene rings is 1. The van der Waals surface area contributed by atoms with Crippen LogP contribution in [0.3, 0.4) is 0 Å². The molecule has 21 heavy (non-hydrogen) atoms. The third kappa shape index (κ3) is 5.00. The lowest BCUT2D eigenvalue weighted by molar-refractivity contribution is -0.140. The summed E-state index contributed by atoms with van der Waals surface area (Å²) in [7, 11) is -4.16. The number of halogens is 1. The molecule has 0 saturated carbocycles. The van der Waals surface area contributed by atoms with Crippen molar-refractivity contribution in [1.82, 2.24) is 4.72 Å². The van der Waals surface area contributed by atoms with Gasteiger partial charge in [0.05, 0.1) is 5.02 Å². The highest BCUT2D eigenvalue weighted by atomic mass is 35.5. The minimum atomic E-state index is -4.16. The van der Waals surface area contributed by atoms with Gasteiger partial charge in [0.15, 0.2) is 0 Å². The normalized spacial score (nSPS) is 12.9. The number of rotatable bonds is 7. The van der Waals surface area contributed by atoms with E-state index in [9.17, 15) is 18.0 Å². The molecule has 1 aromatic carbocycles. The van der Waals surface area contributed by atoms with Gasteiger partial charge in [-0.25, -0.2) is 8.42 Å². The minimum Gasteiger partial charge on any atom is -0.481 e. The SMILES string of the molecule is Cc1ccc(Cl)c(S(=O)(=O)N[C@@H](CCC(=O)O)C(=O)O)c1. The maximum Gasteiger partial charge on any atom is 0.321 e. The number of carboxylic acids is 2. The fraction of sp³-hybridized carbons (Fsp3) is 0.333. The zero-order chi connectivity index (χ0) is 16.2. The molecule has 1 atom stereocenters. The summed E-state index contributed by atoms with van der Waals surface area (Å²) < 4.78 is 26.3. The average molecular weight is 336 g/mol. The summed E-state index contributed by atoms with van der Waals surface area (Å²) in [4.78, 5) is 21.2. The Balaban J connectivity index is 3.03. The van der Waals surface area contributed by atoms with E-state index in [1.165, 1.54) is 12.1 Å². The van der Waals surface area contributed by atoms with E-state index in [2.05, 4.69) is 0 Å². The first kappa shape index (κ1) is 17.4. The van der Waals surface area contributed by atoms with Crippen LogP contribution in [0, 0.1) is 6.92 Å². The Kier molecular flexibility index (Phi) is 5.70. The molecule has 0 spiro atoms. The highest BCUT2D eigenvalue weighted by Crippen LogP contribution is 2.22. The van der Waals surface area contributed by atoms with Crippen molar-refractivity contribution in [3.63, 3.8) is 0 Å². The quantitative estimate of drug-likeness (QED) is 0.689. The van der Waals surface area contributed by atoms with Crippen LogP contribution >= 0.6 is 11.6 Å². The summed E-state index contributed by atoms with van der Waals surface area (Å²) in [6.45, 7) is 1.66. The van der Waals surface area contributed by atoms with Crippen LogP contribution in [0.15, 0.2) is 23.1 Å². The number of hydrogen-bond donors (Lipinski definition) is 3. The molecule has 1 aromatic rings. The van der Waals surface area contributed by atoms with Gasteiger partial charge in [0, 0.05) is 6.42 Å². The topological polar surface area (TPSA) is 121 Å². The van der Waals surface area contributed by atoms with Crippen LogP contribution in [0.2, 0.25) is 5.02 Å². The van der Waals surface area contributed by atoms with Gasteiger partial charge in [-0.05, 0) is 31.0 Å². The highest BCUT2D eigenvalue weighted by Gasteiger charge is 2.27. The molecule has 3 N–H and O–H groups in total. The van der Waals surface area contributed by atoms with Gasteiger partial charge in [-0.3, -0.25) is 9.59 Å². The monoisotopic (exact) mass is 335 g/mol. The van der Waals surface area contributed by atoms with Crippen molar-refractivity contribution >= 4 is 33.6 Å². The van der Waals surface area contributed by atoms with Crippen molar-refractivity contribution in [1.29, 1.82) is 0 Å². The third-order valence-corrected chi connectivity index (χ3v) is 4.57. The maximum absolute atomic E-state index is 12.2. The van der Waals surface area contributed by atoms with Crippen molar-refractivity contribution in [3.05, 3.63) is 28.8 Å². The number of nitrogens with one attached hydrogen (secondary N) is 1. The average Bonchev–Trinajstić information content (AvgIpc) is 2.36. The van der Waals surface area contributed by atoms with Crippen molar-refractivity contribution in [2.75, 3.05) is 0 Å². The number of aryl methyl sites for hydroxylation is 1. The first-order valence-electron chi connectivity index (χ1n) is 5.86. The molecule has 0 aliphatic rings. The van der Waals surface area contributed by atoms with E-state index in [1.807, 2.05) is 4.72 Å². The van der Waals surface area contributed by atoms with E-state index in [0.717, 1.165) is 0 Å². The fourth-order valence-corrected chi connectivity index (χ4v) is 3.38. The largest absolute Gasteiger partial charge is 0.481 e. The number of sulfonamides is 1. The van der Waals surface area contributed by atoms with Gasteiger partial charge in [0.1, 0.15) is 10.9 Å². The van der Waals surface area contributed by atoms with E-state index in [4.69, 9.17) is 21.8 Å². The van der Waals surface area contributed by atoms with E-state index >= 15 is 0 Å². The summed E-state index contributed by atoms with van der Waals surface area (Å²) in [6, 6.07) is 2.77. The van der Waals surface area contributed by atoms with Crippen molar-refractivity contribution in [2.45, 2.75) is 30.7 Å². The zero-order valence-corrected chi connectivity index (χ0v) is 12.6. The first-order chi connectivity index (χ1) is 9.63. The third-order valence-electron chi connectivity index (χ3n) is 2.62. The molecular weight excluding hydrogens is 322 g/mol. The molecule has 0 radical (unpaired) electrons. The molecule has 116 valence electrons. The molecule has 0 amide bonds. The second-order valence-electron chi connectivity index (χ2n) is 4.38. The second-order valence-corrected chi connectivity index (χ2v) is 6.47. The molecule has 0 saturated heterocycles. The maximum atomic E-state index is 12.2. The molecule has 0 aliphatic carbocycles. The van der Waals surface area contributed by atoms with Gasteiger partial charge in [0.25, 0.3) is 0 Å². The van der Waals surface area contributed by atoms with Gasteiger partial charge >= 0.3 is 11.9 Å². The number of aliphatic carboxylic acids is 2. The lowest BCUT2D eigenvalue weighted by atomic mass is 10.2. The van der Waals surface area contributed by atoms with Gasteiger partial charge in [0.2, 0.25) is 10.0 Å². The molecule has 1 rings (SSSR count). The Morgan fingerprint density at radius 3 is 2.48 bits per heavy atom. The fourth-order valence-electron chi connectivity index (χ4n) is 1.57. The Bertz CT molecular complexity index is 658. The smallest absolute Gasteiger partial charge is 0.321 e. The summed E-state index contributed by atoms with van der Waals surface area (Å²) in [6.07, 6.45) is -0.839. The number of hydrogen-bond acceptors (Lipinski definition) is 4. The summed E-state index contributed by atoms with van der Waals surface area (Å²) in [5.41, 5.74) is 0.636. The summed E-state index contributed by atoms with van der Waals surface area (Å²) in [5, 5.41) is 17.5. The number of carboxylic acid groups (broad SMARTS) is 2. The molecule has 7 nitrogen and oxygen atoms in total. The van der Waals surface area contributed by atoms with Crippen molar-refractivity contribution in [2.24, 2.45) is 0 Å². The van der Waals surface area contributed by atoms with Crippen LogP contribution in [0.25, 0.3) is 0 Å². The van der Waals surface area contributed by atoms with Crippen LogP contribution in [0.4, 0.5) is 0 Å². The minimum absolute atomic E-state index is 0.0459. The van der Waals surface area contributed by atoms with E-state index in [0.29, 0.717) is 5.56 Å². The Hall–Kier alpha value is -1.64. The first-order valence-corrected chi connectivity index (χ1v) is 7.72. The van der Waals surface area contributed by atoms with Crippen LogP contribution in [-0.2, 0) is 19.6 Å². The molecule has 0 bridgehead atoms. The number of carbonyl (C=O) groups is 2. The van der Waals surface area contributed by atoms with Crippen LogP contribution in [-0.4, -0.2) is 36.6 Å².